The number of fused-ring (bicyclic) bond motifs is 2. The van der Waals surface area contributed by atoms with Crippen LogP contribution in [-0.4, -0.2) is 15.0 Å². The van der Waals surface area contributed by atoms with Crippen molar-refractivity contribution >= 4 is 33.3 Å². The molecule has 0 aliphatic heterocycles. The average Bonchev–Trinajstić information content (AvgIpc) is 3.13. The van der Waals surface area contributed by atoms with Crippen molar-refractivity contribution in [2.45, 2.75) is 0 Å². The number of aromatic nitrogens is 3. The topological polar surface area (TPSA) is 73.6 Å². The number of para-hydroxylation sites is 3. The minimum atomic E-state index is -0.321. The number of nitrogens with zero attached hydrogens (tertiary/aromatic N) is 1. The fourth-order valence-corrected chi connectivity index (χ4v) is 3.35. The van der Waals surface area contributed by atoms with Crippen molar-refractivity contribution in [3.05, 3.63) is 89.0 Å². The van der Waals surface area contributed by atoms with Gasteiger partial charge in [-0.15, -0.1) is 0 Å². The predicted molar refractivity (Wildman–Crippen MR) is 109 cm³/mol. The Morgan fingerprint density at radius 2 is 1.54 bits per heavy atom. The van der Waals surface area contributed by atoms with Gasteiger partial charge in [-0.25, -0.2) is 9.37 Å². The Morgan fingerprint density at radius 3 is 2.32 bits per heavy atom. The first-order valence-corrected chi connectivity index (χ1v) is 8.82. The van der Waals surface area contributed by atoms with E-state index in [1.807, 2.05) is 48.5 Å². The lowest BCUT2D eigenvalue weighted by atomic mass is 10.1. The summed E-state index contributed by atoms with van der Waals surface area (Å²) in [5.74, 6) is 0.150. The fraction of sp³-hybridized carbons (Fsp3) is 0. The molecule has 0 amide bonds. The predicted octanol–water partition coefficient (Wildman–Crippen LogP) is 4.95. The molecular weight excluding hydrogens is 355 g/mol. The van der Waals surface area contributed by atoms with Crippen LogP contribution < -0.4 is 10.9 Å². The van der Waals surface area contributed by atoms with Crippen molar-refractivity contribution in [2.24, 2.45) is 0 Å². The zero-order valence-corrected chi connectivity index (χ0v) is 14.7. The third kappa shape index (κ3) is 2.72. The van der Waals surface area contributed by atoms with Crippen LogP contribution in [0.3, 0.4) is 0 Å². The summed E-state index contributed by atoms with van der Waals surface area (Å²) in [6.07, 6.45) is 0. The number of hydrogen-bond acceptors (Lipinski definition) is 3. The summed E-state index contributed by atoms with van der Waals surface area (Å²) in [7, 11) is 0. The minimum absolute atomic E-state index is 0.262. The molecule has 0 fully saturated rings. The molecule has 2 heterocycles. The maximum absolute atomic E-state index is 13.3. The van der Waals surface area contributed by atoms with E-state index in [1.165, 1.54) is 12.1 Å². The number of hydrogen-bond donors (Lipinski definition) is 3. The Hall–Kier alpha value is -3.93. The van der Waals surface area contributed by atoms with Gasteiger partial charge in [-0.2, -0.15) is 0 Å². The number of pyridine rings is 1. The third-order valence-electron chi connectivity index (χ3n) is 4.66. The number of nitrogens with one attached hydrogen (secondary N) is 3. The van der Waals surface area contributed by atoms with Crippen LogP contribution in [0.15, 0.2) is 77.6 Å². The maximum atomic E-state index is 13.3. The second-order valence-corrected chi connectivity index (χ2v) is 6.48. The molecule has 5 rings (SSSR count). The number of benzene rings is 3. The molecule has 0 saturated heterocycles. The first kappa shape index (κ1) is 16.3. The monoisotopic (exact) mass is 370 g/mol. The highest BCUT2D eigenvalue weighted by Gasteiger charge is 2.18. The summed E-state index contributed by atoms with van der Waals surface area (Å²) in [6.45, 7) is 0. The van der Waals surface area contributed by atoms with Gasteiger partial charge in [0.15, 0.2) is 0 Å². The van der Waals surface area contributed by atoms with E-state index in [1.54, 1.807) is 12.1 Å². The minimum Gasteiger partial charge on any atom is -0.354 e. The molecule has 0 unspecified atom stereocenters. The van der Waals surface area contributed by atoms with Crippen LogP contribution in [0.5, 0.6) is 0 Å². The number of anilines is 2. The van der Waals surface area contributed by atoms with Gasteiger partial charge in [0.05, 0.1) is 22.2 Å². The molecule has 0 radical (unpaired) electrons. The van der Waals surface area contributed by atoms with Crippen molar-refractivity contribution in [1.82, 2.24) is 15.0 Å². The second kappa shape index (κ2) is 6.35. The zero-order valence-electron chi connectivity index (χ0n) is 14.7. The Morgan fingerprint density at radius 1 is 0.821 bits per heavy atom. The lowest BCUT2D eigenvalue weighted by Gasteiger charge is -2.13. The van der Waals surface area contributed by atoms with Gasteiger partial charge in [0.2, 0.25) is 0 Å². The lowest BCUT2D eigenvalue weighted by molar-refractivity contribution is 0.628. The summed E-state index contributed by atoms with van der Waals surface area (Å²) >= 11 is 0. The fourth-order valence-electron chi connectivity index (χ4n) is 3.35. The van der Waals surface area contributed by atoms with Crippen molar-refractivity contribution in [1.29, 1.82) is 0 Å². The maximum Gasteiger partial charge on any atom is 0.261 e. The summed E-state index contributed by atoms with van der Waals surface area (Å²) < 4.78 is 13.3. The normalized spacial score (nSPS) is 11.2. The Bertz CT molecular complexity index is 1340. The summed E-state index contributed by atoms with van der Waals surface area (Å²) in [5.41, 5.74) is 3.76. The number of H-pyrrole nitrogens is 2. The van der Waals surface area contributed by atoms with E-state index in [0.29, 0.717) is 28.3 Å². The molecule has 0 spiro atoms. The largest absolute Gasteiger partial charge is 0.354 e. The van der Waals surface area contributed by atoms with Crippen LogP contribution in [0.4, 0.5) is 15.8 Å². The molecule has 0 aliphatic carbocycles. The van der Waals surface area contributed by atoms with Crippen LogP contribution >= 0.6 is 0 Å². The summed E-state index contributed by atoms with van der Waals surface area (Å²) in [5, 5.41) is 4.11. The molecule has 0 bridgehead atoms. The van der Waals surface area contributed by atoms with E-state index >= 15 is 0 Å². The highest BCUT2D eigenvalue weighted by atomic mass is 19.1. The molecule has 28 heavy (non-hydrogen) atoms. The molecule has 3 aromatic carbocycles. The first-order chi connectivity index (χ1) is 13.7. The molecule has 6 heteroatoms. The Labute approximate surface area is 158 Å². The molecule has 0 saturated carbocycles. The van der Waals surface area contributed by atoms with Gasteiger partial charge < -0.3 is 15.3 Å². The van der Waals surface area contributed by atoms with E-state index in [0.717, 1.165) is 16.4 Å². The Balaban J connectivity index is 1.78. The van der Waals surface area contributed by atoms with Crippen molar-refractivity contribution in [3.8, 4) is 11.4 Å². The number of aromatic amines is 2. The van der Waals surface area contributed by atoms with Crippen molar-refractivity contribution in [3.63, 3.8) is 0 Å². The standard InChI is InChI=1S/C22H15FN4O/c23-13-9-11-14(12-10-13)24-20-15-5-1-2-6-16(15)27-22(28)19(20)21-25-17-7-3-4-8-18(17)26-21/h1-12H,(H,25,26)(H2,24,27,28). The molecule has 0 atom stereocenters. The second-order valence-electron chi connectivity index (χ2n) is 6.48. The summed E-state index contributed by atoms with van der Waals surface area (Å²) in [4.78, 5) is 23.7. The van der Waals surface area contributed by atoms with E-state index in [4.69, 9.17) is 0 Å². The van der Waals surface area contributed by atoms with E-state index < -0.39 is 0 Å². The van der Waals surface area contributed by atoms with Crippen LogP contribution in [0.25, 0.3) is 33.3 Å². The van der Waals surface area contributed by atoms with Crippen molar-refractivity contribution < 1.29 is 4.39 Å². The molecule has 2 aromatic heterocycles. The van der Waals surface area contributed by atoms with Gasteiger partial charge in [0, 0.05) is 11.1 Å². The van der Waals surface area contributed by atoms with Gasteiger partial charge in [-0.3, -0.25) is 4.79 Å². The van der Waals surface area contributed by atoms with Crippen molar-refractivity contribution in [2.75, 3.05) is 5.32 Å². The van der Waals surface area contributed by atoms with Gasteiger partial charge in [0.25, 0.3) is 5.56 Å². The number of rotatable bonds is 3. The molecule has 0 aliphatic rings. The lowest BCUT2D eigenvalue weighted by Crippen LogP contribution is -2.13. The van der Waals surface area contributed by atoms with E-state index in [9.17, 15) is 9.18 Å². The van der Waals surface area contributed by atoms with Crippen LogP contribution in [0.2, 0.25) is 0 Å². The molecular formula is C22H15FN4O. The third-order valence-corrected chi connectivity index (χ3v) is 4.66. The summed E-state index contributed by atoms with van der Waals surface area (Å²) in [6, 6.07) is 21.1. The van der Waals surface area contributed by atoms with Gasteiger partial charge in [-0.1, -0.05) is 30.3 Å². The van der Waals surface area contributed by atoms with Crippen LogP contribution in [0, 0.1) is 5.82 Å². The first-order valence-electron chi connectivity index (χ1n) is 8.82. The molecule has 136 valence electrons. The average molecular weight is 370 g/mol. The number of halogens is 1. The Kier molecular flexibility index (Phi) is 3.69. The SMILES string of the molecule is O=c1[nH]c2ccccc2c(Nc2ccc(F)cc2)c1-c1nc2ccccc2[nH]1. The van der Waals surface area contributed by atoms with E-state index in [2.05, 4.69) is 20.3 Å². The molecule has 5 nitrogen and oxygen atoms in total. The van der Waals surface area contributed by atoms with E-state index in [-0.39, 0.29) is 11.4 Å². The zero-order chi connectivity index (χ0) is 19.1. The number of imidazole rings is 1. The van der Waals surface area contributed by atoms with Gasteiger partial charge in [-0.05, 0) is 42.5 Å². The quantitative estimate of drug-likeness (QED) is 0.420. The highest BCUT2D eigenvalue weighted by Crippen LogP contribution is 2.33. The highest BCUT2D eigenvalue weighted by molar-refractivity contribution is 6.00. The molecule has 3 N–H and O–H groups in total. The van der Waals surface area contributed by atoms with Gasteiger partial charge in [0.1, 0.15) is 17.2 Å². The molecule has 5 aromatic rings. The van der Waals surface area contributed by atoms with Crippen LogP contribution in [0.1, 0.15) is 0 Å². The smallest absolute Gasteiger partial charge is 0.261 e. The van der Waals surface area contributed by atoms with Gasteiger partial charge >= 0.3 is 0 Å². The van der Waals surface area contributed by atoms with Crippen LogP contribution in [-0.2, 0) is 0 Å².